The molecule has 0 aliphatic carbocycles. The van der Waals surface area contributed by atoms with E-state index in [1.807, 2.05) is 6.07 Å². The lowest BCUT2D eigenvalue weighted by atomic mass is 10.2. The summed E-state index contributed by atoms with van der Waals surface area (Å²) in [5, 5.41) is 0.591. The van der Waals surface area contributed by atoms with Gasteiger partial charge < -0.3 is 9.15 Å². The van der Waals surface area contributed by atoms with Crippen molar-refractivity contribution in [2.45, 2.75) is 0 Å². The lowest BCUT2D eigenvalue weighted by Gasteiger charge is -1.96. The van der Waals surface area contributed by atoms with Gasteiger partial charge in [-0.25, -0.2) is 9.78 Å². The quantitative estimate of drug-likeness (QED) is 0.754. The second-order valence-corrected chi connectivity index (χ2v) is 3.47. The van der Waals surface area contributed by atoms with Crippen molar-refractivity contribution in [3.63, 3.8) is 0 Å². The van der Waals surface area contributed by atoms with Crippen molar-refractivity contribution < 1.29 is 13.9 Å². The highest BCUT2D eigenvalue weighted by molar-refractivity contribution is 6.30. The van der Waals surface area contributed by atoms with Crippen LogP contribution in [0.1, 0.15) is 10.7 Å². The van der Waals surface area contributed by atoms with Crippen LogP contribution >= 0.6 is 11.6 Å². The molecule has 16 heavy (non-hydrogen) atoms. The summed E-state index contributed by atoms with van der Waals surface area (Å²) in [6, 6.07) is 7.08. The number of halogens is 1. The van der Waals surface area contributed by atoms with E-state index in [0.29, 0.717) is 10.8 Å². The number of carbonyl (C=O) groups excluding carboxylic acids is 1. The van der Waals surface area contributed by atoms with E-state index in [1.54, 1.807) is 18.2 Å². The molecule has 0 amide bonds. The van der Waals surface area contributed by atoms with Crippen molar-refractivity contribution in [2.75, 3.05) is 7.11 Å². The van der Waals surface area contributed by atoms with E-state index in [2.05, 4.69) is 9.72 Å². The number of benzene rings is 1. The number of hydrogen-bond donors (Lipinski definition) is 0. The van der Waals surface area contributed by atoms with Gasteiger partial charge in [-0.1, -0.05) is 23.7 Å². The molecule has 0 unspecified atom stereocenters. The minimum atomic E-state index is -0.603. The number of rotatable bonds is 2. The lowest BCUT2D eigenvalue weighted by molar-refractivity contribution is 0.0557. The van der Waals surface area contributed by atoms with Crippen molar-refractivity contribution in [2.24, 2.45) is 0 Å². The Bertz CT molecular complexity index is 521. The van der Waals surface area contributed by atoms with Gasteiger partial charge >= 0.3 is 11.9 Å². The fourth-order valence-electron chi connectivity index (χ4n) is 1.23. The first-order valence-corrected chi connectivity index (χ1v) is 4.88. The summed E-state index contributed by atoms with van der Waals surface area (Å²) in [7, 11) is 1.27. The highest BCUT2D eigenvalue weighted by atomic mass is 35.5. The molecule has 5 heteroatoms. The summed E-state index contributed by atoms with van der Waals surface area (Å²) in [6.07, 6.45) is 1.46. The predicted molar refractivity (Wildman–Crippen MR) is 58.3 cm³/mol. The number of carbonyl (C=O) groups is 1. The molecule has 1 heterocycles. The molecule has 0 spiro atoms. The molecular weight excluding hydrogens is 230 g/mol. The third kappa shape index (κ3) is 2.06. The van der Waals surface area contributed by atoms with Gasteiger partial charge in [0.05, 0.1) is 13.3 Å². The summed E-state index contributed by atoms with van der Waals surface area (Å²) in [6.45, 7) is 0. The number of aromatic nitrogens is 1. The Morgan fingerprint density at radius 1 is 1.50 bits per heavy atom. The molecule has 0 aliphatic rings. The van der Waals surface area contributed by atoms with Gasteiger partial charge in [-0.15, -0.1) is 0 Å². The van der Waals surface area contributed by atoms with Gasteiger partial charge in [-0.2, -0.15) is 0 Å². The molecule has 0 fully saturated rings. The molecule has 4 nitrogen and oxygen atoms in total. The summed E-state index contributed by atoms with van der Waals surface area (Å²) < 4.78 is 9.72. The molecule has 0 aliphatic heterocycles. The van der Waals surface area contributed by atoms with E-state index >= 15 is 0 Å². The van der Waals surface area contributed by atoms with Crippen LogP contribution < -0.4 is 0 Å². The summed E-state index contributed by atoms with van der Waals surface area (Å²) in [5.41, 5.74) is 0.759. The van der Waals surface area contributed by atoms with Crippen LogP contribution in [0, 0.1) is 0 Å². The lowest BCUT2D eigenvalue weighted by Crippen LogP contribution is -2.00. The van der Waals surface area contributed by atoms with Gasteiger partial charge in [0.2, 0.25) is 0 Å². The molecule has 2 aromatic rings. The highest BCUT2D eigenvalue weighted by Crippen LogP contribution is 2.23. The average Bonchev–Trinajstić information content (AvgIpc) is 2.77. The second-order valence-electron chi connectivity index (χ2n) is 3.03. The van der Waals surface area contributed by atoms with Crippen LogP contribution in [-0.2, 0) is 4.74 Å². The third-order valence-corrected chi connectivity index (χ3v) is 2.21. The summed E-state index contributed by atoms with van der Waals surface area (Å²) in [5.74, 6) is -0.200. The minimum absolute atomic E-state index is 0.0718. The molecule has 0 saturated carbocycles. The normalized spacial score (nSPS) is 10.1. The maximum Gasteiger partial charge on any atom is 0.394 e. The van der Waals surface area contributed by atoms with E-state index in [9.17, 15) is 4.79 Å². The Morgan fingerprint density at radius 2 is 2.31 bits per heavy atom. The SMILES string of the molecule is COC(=O)c1ncc(-c2cccc(Cl)c2)o1. The van der Waals surface area contributed by atoms with Crippen molar-refractivity contribution >= 4 is 17.6 Å². The molecule has 2 rings (SSSR count). The topological polar surface area (TPSA) is 52.3 Å². The number of oxazole rings is 1. The molecule has 1 aromatic heterocycles. The highest BCUT2D eigenvalue weighted by Gasteiger charge is 2.14. The standard InChI is InChI=1S/C11H8ClNO3/c1-15-11(14)10-13-6-9(16-10)7-3-2-4-8(12)5-7/h2-6H,1H3. The first-order chi connectivity index (χ1) is 7.70. The molecular formula is C11H8ClNO3. The predicted octanol–water partition coefficient (Wildman–Crippen LogP) is 2.78. The van der Waals surface area contributed by atoms with E-state index < -0.39 is 5.97 Å². The number of esters is 1. The average molecular weight is 238 g/mol. The van der Waals surface area contributed by atoms with Crippen LogP contribution in [0.15, 0.2) is 34.9 Å². The number of hydrogen-bond acceptors (Lipinski definition) is 4. The van der Waals surface area contributed by atoms with Crippen LogP contribution in [0.5, 0.6) is 0 Å². The zero-order valence-electron chi connectivity index (χ0n) is 8.44. The fraction of sp³-hybridized carbons (Fsp3) is 0.0909. The summed E-state index contributed by atoms with van der Waals surface area (Å²) in [4.78, 5) is 14.9. The fourth-order valence-corrected chi connectivity index (χ4v) is 1.42. The second kappa shape index (κ2) is 4.37. The van der Waals surface area contributed by atoms with E-state index in [0.717, 1.165) is 5.56 Å². The Hall–Kier alpha value is -1.81. The minimum Gasteiger partial charge on any atom is -0.462 e. The smallest absolute Gasteiger partial charge is 0.394 e. The Balaban J connectivity index is 2.35. The van der Waals surface area contributed by atoms with Gasteiger partial charge in [-0.05, 0) is 12.1 Å². The summed E-state index contributed by atoms with van der Waals surface area (Å²) >= 11 is 5.84. The van der Waals surface area contributed by atoms with E-state index in [4.69, 9.17) is 16.0 Å². The molecule has 0 bridgehead atoms. The molecule has 0 N–H and O–H groups in total. The zero-order chi connectivity index (χ0) is 11.5. The number of methoxy groups -OCH3 is 1. The van der Waals surface area contributed by atoms with Gasteiger partial charge in [0.25, 0.3) is 0 Å². The van der Waals surface area contributed by atoms with Crippen LogP contribution in [-0.4, -0.2) is 18.1 Å². The largest absolute Gasteiger partial charge is 0.462 e. The van der Waals surface area contributed by atoms with Crippen LogP contribution in [0.2, 0.25) is 5.02 Å². The van der Waals surface area contributed by atoms with E-state index in [-0.39, 0.29) is 5.89 Å². The maximum atomic E-state index is 11.1. The van der Waals surface area contributed by atoms with Gasteiger partial charge in [0, 0.05) is 10.6 Å². The van der Waals surface area contributed by atoms with Crippen molar-refractivity contribution in [1.29, 1.82) is 0 Å². The Kier molecular flexibility index (Phi) is 2.92. The van der Waals surface area contributed by atoms with Crippen LogP contribution in [0.25, 0.3) is 11.3 Å². The van der Waals surface area contributed by atoms with Crippen LogP contribution in [0.3, 0.4) is 0 Å². The van der Waals surface area contributed by atoms with E-state index in [1.165, 1.54) is 13.3 Å². The monoisotopic (exact) mass is 237 g/mol. The first kappa shape index (κ1) is 10.7. The van der Waals surface area contributed by atoms with Crippen LogP contribution in [0.4, 0.5) is 0 Å². The molecule has 0 saturated heterocycles. The molecule has 0 atom stereocenters. The number of ether oxygens (including phenoxy) is 1. The molecule has 82 valence electrons. The van der Waals surface area contributed by atoms with Gasteiger partial charge in [0.15, 0.2) is 5.76 Å². The Labute approximate surface area is 96.8 Å². The van der Waals surface area contributed by atoms with Crippen molar-refractivity contribution in [1.82, 2.24) is 4.98 Å². The zero-order valence-corrected chi connectivity index (χ0v) is 9.19. The van der Waals surface area contributed by atoms with Crippen molar-refractivity contribution in [3.05, 3.63) is 41.4 Å². The Morgan fingerprint density at radius 3 is 3.00 bits per heavy atom. The first-order valence-electron chi connectivity index (χ1n) is 4.51. The molecule has 1 aromatic carbocycles. The molecule has 0 radical (unpaired) electrons. The maximum absolute atomic E-state index is 11.1. The van der Waals surface area contributed by atoms with Crippen molar-refractivity contribution in [3.8, 4) is 11.3 Å². The third-order valence-electron chi connectivity index (χ3n) is 1.97. The van der Waals surface area contributed by atoms with Gasteiger partial charge in [-0.3, -0.25) is 0 Å². The van der Waals surface area contributed by atoms with Gasteiger partial charge in [0.1, 0.15) is 0 Å². The number of nitrogens with zero attached hydrogens (tertiary/aromatic N) is 1.